The topological polar surface area (TPSA) is 58.9 Å². The number of para-hydroxylation sites is 1. The molecule has 0 saturated heterocycles. The van der Waals surface area contributed by atoms with Crippen LogP contribution in [0.4, 0.5) is 0 Å². The average molecular weight is 490 g/mol. The van der Waals surface area contributed by atoms with Crippen molar-refractivity contribution >= 4 is 44.1 Å². The van der Waals surface area contributed by atoms with E-state index in [0.717, 1.165) is 23.1 Å². The van der Waals surface area contributed by atoms with Crippen LogP contribution in [0.25, 0.3) is 55.1 Å². The number of aromatic hydroxyl groups is 1. The zero-order valence-electron chi connectivity index (χ0n) is 20.2. The zero-order valence-corrected chi connectivity index (χ0v) is 21.1. The molecule has 5 heteroatoms. The van der Waals surface area contributed by atoms with Crippen molar-refractivity contribution in [2.45, 2.75) is 37.8 Å². The van der Waals surface area contributed by atoms with Crippen LogP contribution in [0.3, 0.4) is 0 Å². The maximum atomic E-state index is 10.5. The molecule has 178 valence electrons. The van der Waals surface area contributed by atoms with E-state index in [-0.39, 0.29) is 5.75 Å². The number of benzene rings is 5. The fourth-order valence-electron chi connectivity index (χ4n) is 4.95. The summed E-state index contributed by atoms with van der Waals surface area (Å²) in [5.74, 6) is 2.27. The molecular formula is C31H27N3OS. The molecule has 1 heterocycles. The Bertz CT molecular complexity index is 1660. The quantitative estimate of drug-likeness (QED) is 0.132. The van der Waals surface area contributed by atoms with Gasteiger partial charge in [-0.15, -0.1) is 0 Å². The number of phenolic OH excluding ortho intramolecular Hbond substituents is 1. The molecule has 0 unspecified atom stereocenters. The Labute approximate surface area is 214 Å². The normalized spacial score (nSPS) is 11.7. The van der Waals surface area contributed by atoms with Crippen LogP contribution in [-0.2, 0) is 0 Å². The predicted octanol–water partition coefficient (Wildman–Crippen LogP) is 8.48. The molecule has 4 nitrogen and oxygen atoms in total. The molecule has 36 heavy (non-hydrogen) atoms. The first-order chi connectivity index (χ1) is 17.7. The third-order valence-corrected chi connectivity index (χ3v) is 7.69. The van der Waals surface area contributed by atoms with Crippen molar-refractivity contribution in [2.24, 2.45) is 0 Å². The molecule has 0 aliphatic carbocycles. The van der Waals surface area contributed by atoms with E-state index in [2.05, 4.69) is 61.5 Å². The lowest BCUT2D eigenvalue weighted by atomic mass is 9.92. The largest absolute Gasteiger partial charge is 0.507 e. The molecule has 0 radical (unpaired) electrons. The minimum Gasteiger partial charge on any atom is -0.507 e. The van der Waals surface area contributed by atoms with Gasteiger partial charge >= 0.3 is 0 Å². The summed E-state index contributed by atoms with van der Waals surface area (Å²) in [6.07, 6.45) is 4.80. The summed E-state index contributed by atoms with van der Waals surface area (Å²) >= 11 is 1.66. The molecule has 6 rings (SSSR count). The molecule has 0 spiro atoms. The van der Waals surface area contributed by atoms with Gasteiger partial charge in [-0.05, 0) is 56.9 Å². The monoisotopic (exact) mass is 489 g/mol. The molecule has 5 aromatic carbocycles. The molecule has 1 N–H and O–H groups in total. The first-order valence-electron chi connectivity index (χ1n) is 12.6. The summed E-state index contributed by atoms with van der Waals surface area (Å²) in [7, 11) is 0. The highest BCUT2D eigenvalue weighted by Crippen LogP contribution is 2.39. The highest BCUT2D eigenvalue weighted by molar-refractivity contribution is 7.99. The lowest BCUT2D eigenvalue weighted by molar-refractivity contribution is 0.477. The van der Waals surface area contributed by atoms with Gasteiger partial charge in [0.05, 0.1) is 5.56 Å². The maximum Gasteiger partial charge on any atom is 0.191 e. The summed E-state index contributed by atoms with van der Waals surface area (Å²) < 4.78 is 0. The highest BCUT2D eigenvalue weighted by atomic mass is 32.2. The standard InChI is InChI=1S/C31H27N3OS/c1-2-3-4-7-19-36-31-33-29(32-30(34-31)25-11-5-6-12-26(25)35)24-18-16-22-14-13-20-9-8-10-21-15-17-23(24)28(22)27(20)21/h5-6,8-18,35H,2-4,7,19H2,1H3. The second kappa shape index (κ2) is 9.75. The highest BCUT2D eigenvalue weighted by Gasteiger charge is 2.17. The molecule has 0 aliphatic rings. The van der Waals surface area contributed by atoms with E-state index < -0.39 is 0 Å². The Balaban J connectivity index is 1.51. The zero-order chi connectivity index (χ0) is 24.5. The SMILES string of the molecule is CCCCCCSc1nc(-c2ccccc2O)nc(-c2ccc3ccc4cccc5ccc2c3c45)n1. The molecule has 0 amide bonds. The second-order valence-electron chi connectivity index (χ2n) is 9.16. The first kappa shape index (κ1) is 22.7. The summed E-state index contributed by atoms with van der Waals surface area (Å²) in [6, 6.07) is 26.7. The van der Waals surface area contributed by atoms with Crippen molar-refractivity contribution in [2.75, 3.05) is 5.75 Å². The van der Waals surface area contributed by atoms with Crippen molar-refractivity contribution in [3.8, 4) is 28.5 Å². The van der Waals surface area contributed by atoms with Gasteiger partial charge in [0.25, 0.3) is 0 Å². The molecule has 0 atom stereocenters. The Morgan fingerprint density at radius 3 is 2.11 bits per heavy atom. The smallest absolute Gasteiger partial charge is 0.191 e. The number of unbranched alkanes of at least 4 members (excludes halogenated alkanes) is 3. The van der Waals surface area contributed by atoms with Gasteiger partial charge in [0.1, 0.15) is 5.75 Å². The minimum absolute atomic E-state index is 0.170. The number of hydrogen-bond acceptors (Lipinski definition) is 5. The van der Waals surface area contributed by atoms with E-state index >= 15 is 0 Å². The van der Waals surface area contributed by atoms with E-state index in [1.165, 1.54) is 46.2 Å². The van der Waals surface area contributed by atoms with Crippen LogP contribution in [0.15, 0.2) is 84.0 Å². The van der Waals surface area contributed by atoms with Crippen LogP contribution in [0.2, 0.25) is 0 Å². The van der Waals surface area contributed by atoms with Gasteiger partial charge in [0.2, 0.25) is 0 Å². The molecular weight excluding hydrogens is 462 g/mol. The van der Waals surface area contributed by atoms with Crippen LogP contribution >= 0.6 is 11.8 Å². The fourth-order valence-corrected chi connectivity index (χ4v) is 5.78. The molecule has 0 bridgehead atoms. The van der Waals surface area contributed by atoms with E-state index in [0.29, 0.717) is 22.4 Å². The van der Waals surface area contributed by atoms with E-state index in [4.69, 9.17) is 15.0 Å². The number of thioether (sulfide) groups is 1. The molecule has 0 fully saturated rings. The van der Waals surface area contributed by atoms with Crippen molar-refractivity contribution in [3.63, 3.8) is 0 Å². The van der Waals surface area contributed by atoms with Crippen LogP contribution in [-0.4, -0.2) is 25.8 Å². The third kappa shape index (κ3) is 4.14. The van der Waals surface area contributed by atoms with Gasteiger partial charge < -0.3 is 5.11 Å². The third-order valence-electron chi connectivity index (χ3n) is 6.76. The number of nitrogens with zero attached hydrogens (tertiary/aromatic N) is 3. The lowest BCUT2D eigenvalue weighted by Gasteiger charge is -2.14. The van der Waals surface area contributed by atoms with Gasteiger partial charge in [-0.25, -0.2) is 15.0 Å². The molecule has 6 aromatic rings. The number of hydrogen-bond donors (Lipinski definition) is 1. The summed E-state index contributed by atoms with van der Waals surface area (Å²) in [5, 5.41) is 18.5. The van der Waals surface area contributed by atoms with Crippen molar-refractivity contribution in [3.05, 3.63) is 78.9 Å². The summed E-state index contributed by atoms with van der Waals surface area (Å²) in [5.41, 5.74) is 1.60. The van der Waals surface area contributed by atoms with Crippen molar-refractivity contribution in [1.29, 1.82) is 0 Å². The van der Waals surface area contributed by atoms with Gasteiger partial charge in [0.15, 0.2) is 16.8 Å². The fraction of sp³-hybridized carbons (Fsp3) is 0.194. The molecule has 0 saturated carbocycles. The van der Waals surface area contributed by atoms with E-state index in [1.807, 2.05) is 18.2 Å². The Morgan fingerprint density at radius 1 is 0.639 bits per heavy atom. The number of aromatic nitrogens is 3. The van der Waals surface area contributed by atoms with Crippen molar-refractivity contribution in [1.82, 2.24) is 15.0 Å². The van der Waals surface area contributed by atoms with Gasteiger partial charge in [0, 0.05) is 11.3 Å². The predicted molar refractivity (Wildman–Crippen MR) is 151 cm³/mol. The second-order valence-corrected chi connectivity index (χ2v) is 10.2. The number of rotatable bonds is 8. The van der Waals surface area contributed by atoms with Gasteiger partial charge in [-0.3, -0.25) is 0 Å². The van der Waals surface area contributed by atoms with Gasteiger partial charge in [-0.2, -0.15) is 0 Å². The van der Waals surface area contributed by atoms with E-state index in [1.54, 1.807) is 17.8 Å². The lowest BCUT2D eigenvalue weighted by Crippen LogP contribution is -2.00. The van der Waals surface area contributed by atoms with Gasteiger partial charge in [-0.1, -0.05) is 98.6 Å². The molecule has 0 aliphatic heterocycles. The number of phenols is 1. The van der Waals surface area contributed by atoms with Crippen molar-refractivity contribution < 1.29 is 5.11 Å². The first-order valence-corrected chi connectivity index (χ1v) is 13.6. The molecule has 1 aromatic heterocycles. The van der Waals surface area contributed by atoms with Crippen LogP contribution in [0, 0.1) is 0 Å². The van der Waals surface area contributed by atoms with Crippen LogP contribution in [0.1, 0.15) is 32.6 Å². The summed E-state index contributed by atoms with van der Waals surface area (Å²) in [6.45, 7) is 2.22. The summed E-state index contributed by atoms with van der Waals surface area (Å²) in [4.78, 5) is 14.5. The Morgan fingerprint density at radius 2 is 1.33 bits per heavy atom. The van der Waals surface area contributed by atoms with E-state index in [9.17, 15) is 5.11 Å². The average Bonchev–Trinajstić information content (AvgIpc) is 2.91. The minimum atomic E-state index is 0.170. The van der Waals surface area contributed by atoms with Crippen LogP contribution in [0.5, 0.6) is 5.75 Å². The van der Waals surface area contributed by atoms with Crippen LogP contribution < -0.4 is 0 Å². The Kier molecular flexibility index (Phi) is 6.16. The maximum absolute atomic E-state index is 10.5. The Hall–Kier alpha value is -3.70.